The summed E-state index contributed by atoms with van der Waals surface area (Å²) >= 11 is 1.88. The van der Waals surface area contributed by atoms with E-state index in [1.165, 1.54) is 23.3 Å². The summed E-state index contributed by atoms with van der Waals surface area (Å²) in [4.78, 5) is 6.06. The highest BCUT2D eigenvalue weighted by atomic mass is 32.2. The third-order valence-corrected chi connectivity index (χ3v) is 6.92. The van der Waals surface area contributed by atoms with Crippen LogP contribution in [-0.2, 0) is 9.47 Å². The molecule has 0 saturated carbocycles. The van der Waals surface area contributed by atoms with Crippen LogP contribution in [0.25, 0.3) is 0 Å². The Bertz CT molecular complexity index is 854. The lowest BCUT2D eigenvalue weighted by atomic mass is 10.0. The monoisotopic (exact) mass is 440 g/mol. The number of methoxy groups -OCH3 is 1. The highest BCUT2D eigenvalue weighted by Crippen LogP contribution is 2.29. The molecule has 2 aliphatic heterocycles. The highest BCUT2D eigenvalue weighted by molar-refractivity contribution is 7.99. The van der Waals surface area contributed by atoms with Crippen LogP contribution in [0.5, 0.6) is 5.75 Å². The van der Waals surface area contributed by atoms with Crippen molar-refractivity contribution in [3.05, 3.63) is 72.2 Å². The van der Waals surface area contributed by atoms with Crippen LogP contribution < -0.4 is 4.74 Å². The maximum absolute atomic E-state index is 5.90. The Morgan fingerprint density at radius 2 is 1.90 bits per heavy atom. The quantitative estimate of drug-likeness (QED) is 0.390. The van der Waals surface area contributed by atoms with Crippen LogP contribution in [0.3, 0.4) is 0 Å². The molecular formula is C25H32N2O3S. The van der Waals surface area contributed by atoms with Crippen molar-refractivity contribution in [2.24, 2.45) is 0 Å². The molecule has 1 aromatic carbocycles. The fourth-order valence-electron chi connectivity index (χ4n) is 3.94. The van der Waals surface area contributed by atoms with Gasteiger partial charge in [-0.2, -0.15) is 0 Å². The lowest BCUT2D eigenvalue weighted by Gasteiger charge is -2.36. The molecule has 5 nitrogen and oxygen atoms in total. The van der Waals surface area contributed by atoms with Gasteiger partial charge in [-0.15, -0.1) is 11.8 Å². The Morgan fingerprint density at radius 1 is 1.03 bits per heavy atom. The molecule has 1 fully saturated rings. The molecule has 0 aromatic heterocycles. The molecule has 0 radical (unpaired) electrons. The lowest BCUT2D eigenvalue weighted by Crippen LogP contribution is -2.46. The fraction of sp³-hybridized carbons (Fsp3) is 0.440. The number of hydrogen-bond donors (Lipinski definition) is 0. The van der Waals surface area contributed by atoms with E-state index in [0.29, 0.717) is 0 Å². The van der Waals surface area contributed by atoms with E-state index in [4.69, 9.17) is 14.2 Å². The van der Waals surface area contributed by atoms with Crippen molar-refractivity contribution in [3.63, 3.8) is 0 Å². The molecule has 6 heteroatoms. The number of hydrogen-bond acceptors (Lipinski definition) is 6. The summed E-state index contributed by atoms with van der Waals surface area (Å²) in [5.74, 6) is 3.75. The van der Waals surface area contributed by atoms with Crippen LogP contribution in [0, 0.1) is 0 Å². The van der Waals surface area contributed by atoms with E-state index in [9.17, 15) is 0 Å². The second-order valence-corrected chi connectivity index (χ2v) is 9.00. The molecule has 0 bridgehead atoms. The van der Waals surface area contributed by atoms with Gasteiger partial charge in [-0.1, -0.05) is 30.4 Å². The maximum Gasteiger partial charge on any atom is 0.231 e. The van der Waals surface area contributed by atoms with Crippen LogP contribution in [0.1, 0.15) is 25.7 Å². The topological polar surface area (TPSA) is 34.2 Å². The SMILES string of the molecule is COc1ccccc1SCCCCN1CCN(C2=COC(C3=CC=CCC3)=CO2)CC1. The molecule has 1 aromatic rings. The Balaban J connectivity index is 1.12. The van der Waals surface area contributed by atoms with Gasteiger partial charge in [0.15, 0.2) is 12.0 Å². The first-order chi connectivity index (χ1) is 15.3. The molecule has 0 N–H and O–H groups in total. The normalized spacial score (nSPS) is 19.1. The number of nitrogens with zero attached hydrogens (tertiary/aromatic N) is 2. The van der Waals surface area contributed by atoms with E-state index in [-0.39, 0.29) is 0 Å². The van der Waals surface area contributed by atoms with Gasteiger partial charge < -0.3 is 19.1 Å². The summed E-state index contributed by atoms with van der Waals surface area (Å²) in [5, 5.41) is 0. The van der Waals surface area contributed by atoms with Crippen molar-refractivity contribution < 1.29 is 14.2 Å². The smallest absolute Gasteiger partial charge is 0.231 e. The van der Waals surface area contributed by atoms with Crippen molar-refractivity contribution in [2.45, 2.75) is 30.6 Å². The van der Waals surface area contributed by atoms with Gasteiger partial charge in [0.05, 0.1) is 7.11 Å². The van der Waals surface area contributed by atoms with Crippen LogP contribution in [0.15, 0.2) is 77.1 Å². The lowest BCUT2D eigenvalue weighted by molar-refractivity contribution is 0.0841. The summed E-state index contributed by atoms with van der Waals surface area (Å²) in [6, 6.07) is 8.25. The van der Waals surface area contributed by atoms with Gasteiger partial charge in [0, 0.05) is 31.1 Å². The molecule has 166 valence electrons. The Labute approximate surface area is 190 Å². The van der Waals surface area contributed by atoms with E-state index in [1.807, 2.05) is 23.9 Å². The van der Waals surface area contributed by atoms with E-state index in [1.54, 1.807) is 19.6 Å². The molecule has 3 aliphatic rings. The van der Waals surface area contributed by atoms with Gasteiger partial charge in [0.1, 0.15) is 12.0 Å². The Hall–Kier alpha value is -2.31. The molecule has 2 heterocycles. The van der Waals surface area contributed by atoms with Gasteiger partial charge >= 0.3 is 0 Å². The molecule has 31 heavy (non-hydrogen) atoms. The minimum absolute atomic E-state index is 0.823. The summed E-state index contributed by atoms with van der Waals surface area (Å²) < 4.78 is 17.2. The number of ether oxygens (including phenoxy) is 3. The molecule has 0 atom stereocenters. The van der Waals surface area contributed by atoms with Crippen LogP contribution in [0.2, 0.25) is 0 Å². The molecule has 1 saturated heterocycles. The van der Waals surface area contributed by atoms with E-state index in [0.717, 1.165) is 68.7 Å². The average Bonchev–Trinajstić information content (AvgIpc) is 2.85. The first kappa shape index (κ1) is 21.9. The largest absolute Gasteiger partial charge is 0.496 e. The van der Waals surface area contributed by atoms with Gasteiger partial charge in [-0.25, -0.2) is 0 Å². The number of benzene rings is 1. The van der Waals surface area contributed by atoms with Crippen molar-refractivity contribution in [3.8, 4) is 5.75 Å². The van der Waals surface area contributed by atoms with Crippen molar-refractivity contribution in [1.82, 2.24) is 9.80 Å². The third kappa shape index (κ3) is 6.11. The molecule has 0 amide bonds. The van der Waals surface area contributed by atoms with Crippen LogP contribution in [0.4, 0.5) is 0 Å². The zero-order valence-electron chi connectivity index (χ0n) is 18.3. The second-order valence-electron chi connectivity index (χ2n) is 7.87. The summed E-state index contributed by atoms with van der Waals surface area (Å²) in [7, 11) is 1.74. The second kappa shape index (κ2) is 11.3. The predicted octanol–water partition coefficient (Wildman–Crippen LogP) is 5.15. The first-order valence-electron chi connectivity index (χ1n) is 11.2. The van der Waals surface area contributed by atoms with Crippen molar-refractivity contribution in [2.75, 3.05) is 45.6 Å². The summed E-state index contributed by atoms with van der Waals surface area (Å²) in [6.07, 6.45) is 14.4. The zero-order valence-corrected chi connectivity index (χ0v) is 19.1. The Kier molecular flexibility index (Phi) is 8.02. The molecular weight excluding hydrogens is 408 g/mol. The molecule has 0 unspecified atom stereocenters. The number of rotatable bonds is 9. The Morgan fingerprint density at radius 3 is 2.65 bits per heavy atom. The third-order valence-electron chi connectivity index (χ3n) is 5.78. The molecule has 1 aliphatic carbocycles. The number of allylic oxidation sites excluding steroid dienone is 4. The van der Waals surface area contributed by atoms with Gasteiger partial charge in [0.25, 0.3) is 0 Å². The number of piperazine rings is 1. The van der Waals surface area contributed by atoms with Crippen molar-refractivity contribution in [1.29, 1.82) is 0 Å². The fourth-order valence-corrected chi connectivity index (χ4v) is 4.98. The number of para-hydroxylation sites is 1. The number of unbranched alkanes of at least 4 members (excludes halogenated alkanes) is 1. The van der Waals surface area contributed by atoms with Gasteiger partial charge in [0.2, 0.25) is 5.88 Å². The van der Waals surface area contributed by atoms with E-state index in [2.05, 4.69) is 40.2 Å². The minimum atomic E-state index is 0.823. The van der Waals surface area contributed by atoms with Gasteiger partial charge in [-0.05, 0) is 55.7 Å². The van der Waals surface area contributed by atoms with Crippen LogP contribution >= 0.6 is 11.8 Å². The van der Waals surface area contributed by atoms with Crippen LogP contribution in [-0.4, -0.2) is 55.4 Å². The molecule has 4 rings (SSSR count). The maximum atomic E-state index is 5.90. The molecule has 0 spiro atoms. The van der Waals surface area contributed by atoms with Crippen molar-refractivity contribution >= 4 is 11.8 Å². The highest BCUT2D eigenvalue weighted by Gasteiger charge is 2.22. The van der Waals surface area contributed by atoms with Gasteiger partial charge in [-0.3, -0.25) is 4.90 Å². The minimum Gasteiger partial charge on any atom is -0.496 e. The van der Waals surface area contributed by atoms with E-state index >= 15 is 0 Å². The first-order valence-corrected chi connectivity index (χ1v) is 12.1. The summed E-state index contributed by atoms with van der Waals surface area (Å²) in [6.45, 7) is 5.22. The predicted molar refractivity (Wildman–Crippen MR) is 126 cm³/mol. The van der Waals surface area contributed by atoms with E-state index < -0.39 is 0 Å². The zero-order chi connectivity index (χ0) is 21.3. The summed E-state index contributed by atoms with van der Waals surface area (Å²) in [5.41, 5.74) is 1.20. The number of thioether (sulfide) groups is 1. The average molecular weight is 441 g/mol. The standard InChI is InChI=1S/C25H32N2O3S/c1-28-22-11-5-6-12-24(22)31-18-8-7-13-26-14-16-27(17-15-26)25-20-29-23(19-30-25)21-9-3-2-4-10-21/h2-3,5-6,9,11-12,19-20H,4,7-8,10,13-18H2,1H3.